The zero-order chi connectivity index (χ0) is 28.5. The molecule has 1 heterocycles. The van der Waals surface area contributed by atoms with Crippen LogP contribution in [0.3, 0.4) is 0 Å². The number of likely N-dealkylation sites (tertiary alicyclic amines) is 1. The van der Waals surface area contributed by atoms with E-state index < -0.39 is 23.2 Å². The zero-order valence-corrected chi connectivity index (χ0v) is 22.6. The van der Waals surface area contributed by atoms with Crippen LogP contribution in [0.4, 0.5) is 21.0 Å². The van der Waals surface area contributed by atoms with Crippen LogP contribution < -0.4 is 9.75 Å². The number of non-ortho nitro benzene ring substituents is 1. The monoisotopic (exact) mass is 564 g/mol. The van der Waals surface area contributed by atoms with Gasteiger partial charge in [0.1, 0.15) is 19.0 Å². The summed E-state index contributed by atoms with van der Waals surface area (Å²) in [5.41, 5.74) is 1.83. The predicted molar refractivity (Wildman–Crippen MR) is 152 cm³/mol. The minimum absolute atomic E-state index is 0.0486. The maximum atomic E-state index is 13.1. The van der Waals surface area contributed by atoms with Crippen molar-refractivity contribution in [2.75, 3.05) is 18.7 Å². The number of nitro groups is 1. The lowest BCUT2D eigenvalue weighted by atomic mass is 10.2. The molecule has 1 aliphatic rings. The lowest BCUT2D eigenvalue weighted by Crippen LogP contribution is -2.38. The Morgan fingerprint density at radius 1 is 1.02 bits per heavy atom. The van der Waals surface area contributed by atoms with Crippen molar-refractivity contribution in [3.8, 4) is 5.75 Å². The van der Waals surface area contributed by atoms with Crippen LogP contribution in [0.2, 0.25) is 0 Å². The summed E-state index contributed by atoms with van der Waals surface area (Å²) in [5.74, 6) is 0.612. The summed E-state index contributed by atoms with van der Waals surface area (Å²) in [7, 11) is 1.54. The number of nitro benzene ring substituents is 1. The molecule has 0 N–H and O–H groups in total. The highest BCUT2D eigenvalue weighted by Crippen LogP contribution is 2.24. The number of benzene rings is 3. The molecule has 3 aromatic rings. The molecule has 4 rings (SSSR count). The van der Waals surface area contributed by atoms with Crippen LogP contribution in [0.5, 0.6) is 5.75 Å². The van der Waals surface area contributed by atoms with Crippen molar-refractivity contribution in [1.82, 2.24) is 4.90 Å². The third-order valence-electron chi connectivity index (χ3n) is 6.11. The van der Waals surface area contributed by atoms with Crippen molar-refractivity contribution < 1.29 is 28.7 Å². The second-order valence-electron chi connectivity index (χ2n) is 8.90. The van der Waals surface area contributed by atoms with Crippen LogP contribution in [0, 0.1) is 10.1 Å². The highest BCUT2D eigenvalue weighted by Gasteiger charge is 2.34. The van der Waals surface area contributed by atoms with Gasteiger partial charge in [-0.1, -0.05) is 30.3 Å². The molecular formula is C28H28N4O7S. The van der Waals surface area contributed by atoms with E-state index in [-0.39, 0.29) is 24.2 Å². The van der Waals surface area contributed by atoms with Gasteiger partial charge in [-0.25, -0.2) is 9.59 Å². The van der Waals surface area contributed by atoms with E-state index >= 15 is 0 Å². The Labute approximate surface area is 236 Å². The van der Waals surface area contributed by atoms with E-state index in [1.165, 1.54) is 35.4 Å². The fourth-order valence-electron chi connectivity index (χ4n) is 4.00. The van der Waals surface area contributed by atoms with Gasteiger partial charge in [-0.3, -0.25) is 15.0 Å². The average molecular weight is 565 g/mol. The van der Waals surface area contributed by atoms with E-state index in [9.17, 15) is 19.7 Å². The van der Waals surface area contributed by atoms with Crippen LogP contribution in [-0.4, -0.2) is 53.2 Å². The first-order chi connectivity index (χ1) is 19.3. The van der Waals surface area contributed by atoms with Gasteiger partial charge in [0.15, 0.2) is 0 Å². The van der Waals surface area contributed by atoms with E-state index in [0.29, 0.717) is 30.0 Å². The number of hydrazone groups is 1. The Morgan fingerprint density at radius 2 is 1.68 bits per heavy atom. The van der Waals surface area contributed by atoms with E-state index in [4.69, 9.17) is 14.2 Å². The standard InChI is InChI=1S/C28H28N4O7S/c1-37-25-13-11-22(12-14-25)31(28(34)39-18-20-5-3-2-4-6-20)29-16-24-15-26(40)17-30(24)27(33)38-19-21-7-9-23(10-8-21)32(35)36/h2-14,16,24,26,40H,15,17-19H2,1H3/t24-,26-/m0/s1. The number of thiol groups is 1. The molecule has 1 fully saturated rings. The number of ether oxygens (including phenoxy) is 3. The maximum absolute atomic E-state index is 13.1. The first kappa shape index (κ1) is 28.4. The van der Waals surface area contributed by atoms with Gasteiger partial charge in [0.05, 0.1) is 23.8 Å². The zero-order valence-electron chi connectivity index (χ0n) is 21.7. The maximum Gasteiger partial charge on any atom is 0.435 e. The summed E-state index contributed by atoms with van der Waals surface area (Å²) in [5, 5.41) is 16.2. The summed E-state index contributed by atoms with van der Waals surface area (Å²) in [6.07, 6.45) is 0.707. The predicted octanol–water partition coefficient (Wildman–Crippen LogP) is 5.44. The number of carbonyl (C=O) groups excluding carboxylic acids is 2. The number of hydrogen-bond donors (Lipinski definition) is 1. The van der Waals surface area contributed by atoms with Crippen LogP contribution in [-0.2, 0) is 22.7 Å². The summed E-state index contributed by atoms with van der Waals surface area (Å²) in [6.45, 7) is 0.323. The largest absolute Gasteiger partial charge is 0.497 e. The molecule has 2 amide bonds. The van der Waals surface area contributed by atoms with Crippen molar-refractivity contribution >= 4 is 42.4 Å². The van der Waals surface area contributed by atoms with E-state index in [0.717, 1.165) is 10.6 Å². The number of hydrogen-bond acceptors (Lipinski definition) is 9. The molecule has 11 nitrogen and oxygen atoms in total. The third kappa shape index (κ3) is 7.50. The second-order valence-corrected chi connectivity index (χ2v) is 9.63. The topological polar surface area (TPSA) is 124 Å². The first-order valence-corrected chi connectivity index (χ1v) is 12.9. The number of amides is 2. The number of rotatable bonds is 9. The number of nitrogens with zero attached hydrogens (tertiary/aromatic N) is 4. The second kappa shape index (κ2) is 13.5. The van der Waals surface area contributed by atoms with Crippen molar-refractivity contribution in [1.29, 1.82) is 0 Å². The Bertz CT molecular complexity index is 1340. The molecule has 1 aliphatic heterocycles. The molecule has 40 heavy (non-hydrogen) atoms. The van der Waals surface area contributed by atoms with Crippen LogP contribution in [0.25, 0.3) is 0 Å². The van der Waals surface area contributed by atoms with Gasteiger partial charge in [0.25, 0.3) is 5.69 Å². The van der Waals surface area contributed by atoms with Crippen molar-refractivity contribution in [2.24, 2.45) is 5.10 Å². The van der Waals surface area contributed by atoms with Gasteiger partial charge in [-0.05, 0) is 53.9 Å². The fourth-order valence-corrected chi connectivity index (χ4v) is 4.39. The fraction of sp³-hybridized carbons (Fsp3) is 0.250. The van der Waals surface area contributed by atoms with Crippen LogP contribution in [0.1, 0.15) is 17.5 Å². The van der Waals surface area contributed by atoms with Gasteiger partial charge in [-0.15, -0.1) is 0 Å². The molecule has 0 saturated carbocycles. The van der Waals surface area contributed by atoms with Crippen LogP contribution >= 0.6 is 12.6 Å². The molecule has 0 spiro atoms. The minimum Gasteiger partial charge on any atom is -0.497 e. The first-order valence-electron chi connectivity index (χ1n) is 12.4. The quantitative estimate of drug-likeness (QED) is 0.159. The molecule has 0 aromatic heterocycles. The molecule has 0 bridgehead atoms. The molecule has 208 valence electrons. The van der Waals surface area contributed by atoms with Crippen molar-refractivity contribution in [2.45, 2.75) is 30.9 Å². The molecule has 2 atom stereocenters. The molecule has 12 heteroatoms. The van der Waals surface area contributed by atoms with Crippen molar-refractivity contribution in [3.63, 3.8) is 0 Å². The number of anilines is 1. The highest BCUT2D eigenvalue weighted by molar-refractivity contribution is 7.81. The summed E-state index contributed by atoms with van der Waals surface area (Å²) >= 11 is 4.53. The molecule has 0 radical (unpaired) electrons. The molecule has 0 unspecified atom stereocenters. The minimum atomic E-state index is -0.696. The highest BCUT2D eigenvalue weighted by atomic mass is 32.1. The Hall–Kier alpha value is -4.58. The number of methoxy groups -OCH3 is 1. The Kier molecular flexibility index (Phi) is 9.57. The molecule has 0 aliphatic carbocycles. The van der Waals surface area contributed by atoms with E-state index in [1.807, 2.05) is 30.3 Å². The Morgan fingerprint density at radius 3 is 2.33 bits per heavy atom. The molecule has 1 saturated heterocycles. The third-order valence-corrected chi connectivity index (χ3v) is 6.49. The number of carbonyl (C=O) groups is 2. The SMILES string of the molecule is COc1ccc(N(N=C[C@@H]2C[C@H](S)CN2C(=O)OCc2ccc([N+](=O)[O-])cc2)C(=O)OCc2ccccc2)cc1. The van der Waals surface area contributed by atoms with E-state index in [1.54, 1.807) is 31.4 Å². The molecular weight excluding hydrogens is 536 g/mol. The van der Waals surface area contributed by atoms with Gasteiger partial charge in [0.2, 0.25) is 0 Å². The van der Waals surface area contributed by atoms with E-state index in [2.05, 4.69) is 17.7 Å². The lowest BCUT2D eigenvalue weighted by Gasteiger charge is -2.22. The normalized spacial score (nSPS) is 16.5. The summed E-state index contributed by atoms with van der Waals surface area (Å²) < 4.78 is 16.2. The summed E-state index contributed by atoms with van der Waals surface area (Å²) in [4.78, 5) is 37.8. The Balaban J connectivity index is 1.46. The van der Waals surface area contributed by atoms with Gasteiger partial charge in [0, 0.05) is 30.1 Å². The van der Waals surface area contributed by atoms with Gasteiger partial charge >= 0.3 is 12.2 Å². The van der Waals surface area contributed by atoms with Crippen molar-refractivity contribution in [3.05, 3.63) is 100 Å². The average Bonchev–Trinajstić information content (AvgIpc) is 3.36. The van der Waals surface area contributed by atoms with Gasteiger partial charge in [-0.2, -0.15) is 22.7 Å². The summed E-state index contributed by atoms with van der Waals surface area (Å²) in [6, 6.07) is 21.3. The lowest BCUT2D eigenvalue weighted by molar-refractivity contribution is -0.384. The molecule has 3 aromatic carbocycles. The smallest absolute Gasteiger partial charge is 0.435 e. The van der Waals surface area contributed by atoms with Crippen LogP contribution in [0.15, 0.2) is 84.0 Å². The van der Waals surface area contributed by atoms with Gasteiger partial charge < -0.3 is 14.2 Å².